The average Bonchev–Trinajstić information content (AvgIpc) is 3.48. The number of pyridine rings is 1. The van der Waals surface area contributed by atoms with E-state index in [4.69, 9.17) is 4.74 Å². The molecule has 25 heavy (non-hydrogen) atoms. The van der Waals surface area contributed by atoms with Crippen LogP contribution >= 0.6 is 0 Å². The van der Waals surface area contributed by atoms with Gasteiger partial charge in [-0.3, -0.25) is 0 Å². The van der Waals surface area contributed by atoms with Crippen molar-refractivity contribution in [2.75, 3.05) is 25.0 Å². The number of sulfonamides is 1. The standard InChI is InChI=1S/C18H27N3O3S/c22-25(23,21-9-2-1-3-10-21)16-6-7-18(19-13-16)20-15-8-11-24-17(12-15)14-4-5-14/h6-7,13-15,17H,1-5,8-12H2,(H,19,20). The zero-order valence-electron chi connectivity index (χ0n) is 14.6. The van der Waals surface area contributed by atoms with Crippen LogP contribution in [0, 0.1) is 5.92 Å². The van der Waals surface area contributed by atoms with E-state index in [1.165, 1.54) is 19.0 Å². The molecule has 0 aromatic carbocycles. The van der Waals surface area contributed by atoms with E-state index < -0.39 is 10.0 Å². The molecule has 1 saturated carbocycles. The summed E-state index contributed by atoms with van der Waals surface area (Å²) in [6.45, 7) is 2.03. The van der Waals surface area contributed by atoms with Gasteiger partial charge in [-0.2, -0.15) is 4.31 Å². The van der Waals surface area contributed by atoms with Crippen LogP contribution < -0.4 is 5.32 Å². The summed E-state index contributed by atoms with van der Waals surface area (Å²) in [5, 5.41) is 3.45. The van der Waals surface area contributed by atoms with E-state index in [1.54, 1.807) is 16.4 Å². The van der Waals surface area contributed by atoms with E-state index in [9.17, 15) is 8.42 Å². The van der Waals surface area contributed by atoms with Crippen LogP contribution in [0.2, 0.25) is 0 Å². The summed E-state index contributed by atoms with van der Waals surface area (Å²) in [4.78, 5) is 4.66. The van der Waals surface area contributed by atoms with Crippen LogP contribution in [-0.4, -0.2) is 49.5 Å². The van der Waals surface area contributed by atoms with E-state index in [2.05, 4.69) is 10.3 Å². The summed E-state index contributed by atoms with van der Waals surface area (Å²) >= 11 is 0. The summed E-state index contributed by atoms with van der Waals surface area (Å²) in [5.41, 5.74) is 0. The molecule has 1 aromatic rings. The molecular formula is C18H27N3O3S. The number of aromatic nitrogens is 1. The molecule has 3 heterocycles. The van der Waals surface area contributed by atoms with Gasteiger partial charge in [0.1, 0.15) is 10.7 Å². The normalized spacial score (nSPS) is 28.6. The van der Waals surface area contributed by atoms with Crippen LogP contribution in [0.5, 0.6) is 0 Å². The van der Waals surface area contributed by atoms with Gasteiger partial charge in [0.2, 0.25) is 10.0 Å². The molecule has 0 radical (unpaired) electrons. The summed E-state index contributed by atoms with van der Waals surface area (Å²) in [6.07, 6.45) is 9.43. The minimum atomic E-state index is -3.40. The molecule has 4 rings (SSSR count). The van der Waals surface area contributed by atoms with Crippen LogP contribution in [-0.2, 0) is 14.8 Å². The Hall–Kier alpha value is -1.18. The molecular weight excluding hydrogens is 338 g/mol. The highest BCUT2D eigenvalue weighted by atomic mass is 32.2. The van der Waals surface area contributed by atoms with Gasteiger partial charge in [0.05, 0.1) is 6.10 Å². The lowest BCUT2D eigenvalue weighted by molar-refractivity contribution is -0.00223. The van der Waals surface area contributed by atoms with Gasteiger partial charge in [0.25, 0.3) is 0 Å². The second kappa shape index (κ2) is 7.21. The molecule has 3 fully saturated rings. The monoisotopic (exact) mass is 365 g/mol. The number of hydrogen-bond acceptors (Lipinski definition) is 5. The first-order valence-electron chi connectivity index (χ1n) is 9.47. The number of piperidine rings is 1. The summed E-state index contributed by atoms with van der Waals surface area (Å²) in [7, 11) is -3.40. The molecule has 2 aliphatic heterocycles. The second-order valence-corrected chi connectivity index (χ2v) is 9.39. The van der Waals surface area contributed by atoms with Gasteiger partial charge in [-0.15, -0.1) is 0 Å². The van der Waals surface area contributed by atoms with Crippen molar-refractivity contribution in [3.8, 4) is 0 Å². The first kappa shape index (κ1) is 17.2. The fourth-order valence-electron chi connectivity index (χ4n) is 3.84. The molecule has 0 amide bonds. The Morgan fingerprint density at radius 3 is 2.60 bits per heavy atom. The van der Waals surface area contributed by atoms with E-state index in [1.807, 2.05) is 0 Å². The van der Waals surface area contributed by atoms with Crippen LogP contribution in [0.3, 0.4) is 0 Å². The molecule has 2 unspecified atom stereocenters. The highest BCUT2D eigenvalue weighted by Gasteiger charge is 2.36. The molecule has 2 atom stereocenters. The van der Waals surface area contributed by atoms with Crippen LogP contribution in [0.4, 0.5) is 5.82 Å². The van der Waals surface area contributed by atoms with Crippen molar-refractivity contribution in [3.05, 3.63) is 18.3 Å². The Morgan fingerprint density at radius 2 is 1.92 bits per heavy atom. The van der Waals surface area contributed by atoms with Gasteiger partial charge < -0.3 is 10.1 Å². The lowest BCUT2D eigenvalue weighted by Gasteiger charge is -2.30. The molecule has 138 valence electrons. The molecule has 1 aromatic heterocycles. The zero-order chi connectivity index (χ0) is 17.3. The van der Waals surface area contributed by atoms with Crippen LogP contribution in [0.25, 0.3) is 0 Å². The predicted molar refractivity (Wildman–Crippen MR) is 96.0 cm³/mol. The number of ether oxygens (including phenoxy) is 1. The van der Waals surface area contributed by atoms with E-state index >= 15 is 0 Å². The number of hydrogen-bond donors (Lipinski definition) is 1. The van der Waals surface area contributed by atoms with Crippen molar-refractivity contribution >= 4 is 15.8 Å². The molecule has 1 aliphatic carbocycles. The van der Waals surface area contributed by atoms with Crippen LogP contribution in [0.1, 0.15) is 44.9 Å². The third kappa shape index (κ3) is 3.99. The minimum Gasteiger partial charge on any atom is -0.378 e. The Labute approximate surface area is 150 Å². The van der Waals surface area contributed by atoms with Gasteiger partial charge in [-0.05, 0) is 56.6 Å². The number of nitrogens with zero attached hydrogens (tertiary/aromatic N) is 2. The van der Waals surface area contributed by atoms with Gasteiger partial charge in [0, 0.05) is 31.9 Å². The first-order chi connectivity index (χ1) is 12.1. The predicted octanol–water partition coefficient (Wildman–Crippen LogP) is 2.63. The third-order valence-corrected chi connectivity index (χ3v) is 7.39. The topological polar surface area (TPSA) is 71.5 Å². The van der Waals surface area contributed by atoms with Gasteiger partial charge in [0.15, 0.2) is 0 Å². The van der Waals surface area contributed by atoms with Crippen molar-refractivity contribution in [3.63, 3.8) is 0 Å². The lowest BCUT2D eigenvalue weighted by atomic mass is 10.00. The second-order valence-electron chi connectivity index (χ2n) is 7.46. The number of nitrogens with one attached hydrogen (secondary N) is 1. The zero-order valence-corrected chi connectivity index (χ0v) is 15.4. The summed E-state index contributed by atoms with van der Waals surface area (Å²) in [5.74, 6) is 1.49. The molecule has 0 bridgehead atoms. The smallest absolute Gasteiger partial charge is 0.244 e. The average molecular weight is 365 g/mol. The third-order valence-electron chi connectivity index (χ3n) is 5.50. The van der Waals surface area contributed by atoms with E-state index in [0.29, 0.717) is 30.1 Å². The van der Waals surface area contributed by atoms with Gasteiger partial charge in [-0.1, -0.05) is 6.42 Å². The highest BCUT2D eigenvalue weighted by Crippen LogP contribution is 2.38. The maximum Gasteiger partial charge on any atom is 0.244 e. The van der Waals surface area contributed by atoms with Gasteiger partial charge in [-0.25, -0.2) is 13.4 Å². The Bertz CT molecular complexity index is 682. The van der Waals surface area contributed by atoms with Crippen molar-refractivity contribution in [1.29, 1.82) is 0 Å². The molecule has 0 spiro atoms. The maximum absolute atomic E-state index is 12.7. The lowest BCUT2D eigenvalue weighted by Crippen LogP contribution is -2.36. The molecule has 1 N–H and O–H groups in total. The highest BCUT2D eigenvalue weighted by molar-refractivity contribution is 7.89. The van der Waals surface area contributed by atoms with E-state index in [-0.39, 0.29) is 0 Å². The maximum atomic E-state index is 12.7. The van der Waals surface area contributed by atoms with E-state index in [0.717, 1.165) is 50.4 Å². The largest absolute Gasteiger partial charge is 0.378 e. The van der Waals surface area contributed by atoms with Crippen molar-refractivity contribution in [2.24, 2.45) is 5.92 Å². The molecule has 7 heteroatoms. The van der Waals surface area contributed by atoms with Crippen LogP contribution in [0.15, 0.2) is 23.2 Å². The summed E-state index contributed by atoms with van der Waals surface area (Å²) in [6, 6.07) is 3.83. The minimum absolute atomic E-state index is 0.294. The quantitative estimate of drug-likeness (QED) is 0.868. The Kier molecular flexibility index (Phi) is 4.97. The summed E-state index contributed by atoms with van der Waals surface area (Å²) < 4.78 is 32.8. The molecule has 6 nitrogen and oxygen atoms in total. The fraction of sp³-hybridized carbons (Fsp3) is 0.722. The number of rotatable bonds is 5. The van der Waals surface area contributed by atoms with Crippen molar-refractivity contribution in [1.82, 2.24) is 9.29 Å². The SMILES string of the molecule is O=S(=O)(c1ccc(NC2CCOC(C3CC3)C2)nc1)N1CCCCC1. The van der Waals surface area contributed by atoms with Crippen molar-refractivity contribution in [2.45, 2.75) is 62.0 Å². The van der Waals surface area contributed by atoms with Gasteiger partial charge >= 0.3 is 0 Å². The number of anilines is 1. The molecule has 2 saturated heterocycles. The fourth-order valence-corrected chi connectivity index (χ4v) is 5.30. The first-order valence-corrected chi connectivity index (χ1v) is 10.9. The molecule has 3 aliphatic rings. The Balaban J connectivity index is 1.39. The van der Waals surface area contributed by atoms with Crippen molar-refractivity contribution < 1.29 is 13.2 Å². The Morgan fingerprint density at radius 1 is 1.12 bits per heavy atom.